The lowest BCUT2D eigenvalue weighted by molar-refractivity contribution is 0.0508. The second-order valence-corrected chi connectivity index (χ2v) is 5.73. The van der Waals surface area contributed by atoms with Gasteiger partial charge in [-0.3, -0.25) is 0 Å². The molecule has 1 unspecified atom stereocenters. The first-order valence-electron chi connectivity index (χ1n) is 6.18. The zero-order valence-corrected chi connectivity index (χ0v) is 11.0. The standard InChI is InChI=1S/C13H20N2O2/c1-9-6-5-7-11-10(9)8-14-15(11)12(16)17-13(2,3)4/h8-9H,5-7H2,1-4H3. The van der Waals surface area contributed by atoms with Crippen LogP contribution in [0.15, 0.2) is 6.20 Å². The van der Waals surface area contributed by atoms with Gasteiger partial charge >= 0.3 is 6.09 Å². The van der Waals surface area contributed by atoms with Crippen molar-refractivity contribution in [3.05, 3.63) is 17.5 Å². The van der Waals surface area contributed by atoms with Gasteiger partial charge in [-0.05, 0) is 51.5 Å². The van der Waals surface area contributed by atoms with Crippen molar-refractivity contribution < 1.29 is 9.53 Å². The highest BCUT2D eigenvalue weighted by atomic mass is 16.6. The van der Waals surface area contributed by atoms with Crippen LogP contribution < -0.4 is 0 Å². The monoisotopic (exact) mass is 236 g/mol. The van der Waals surface area contributed by atoms with E-state index in [0.717, 1.165) is 18.5 Å². The molecule has 1 aliphatic carbocycles. The molecule has 0 bridgehead atoms. The highest BCUT2D eigenvalue weighted by molar-refractivity contribution is 5.71. The molecule has 0 saturated heterocycles. The number of hydrogen-bond donors (Lipinski definition) is 0. The normalized spacial score (nSPS) is 19.9. The molecule has 0 aromatic carbocycles. The predicted octanol–water partition coefficient (Wildman–Crippen LogP) is 3.11. The molecule has 17 heavy (non-hydrogen) atoms. The van der Waals surface area contributed by atoms with Crippen LogP contribution in [-0.4, -0.2) is 21.5 Å². The SMILES string of the molecule is CC1CCCc2c1cnn2C(=O)OC(C)(C)C. The van der Waals surface area contributed by atoms with Crippen molar-refractivity contribution in [2.45, 2.75) is 58.5 Å². The lowest BCUT2D eigenvalue weighted by Gasteiger charge is -2.22. The van der Waals surface area contributed by atoms with Crippen molar-refractivity contribution in [2.75, 3.05) is 0 Å². The van der Waals surface area contributed by atoms with E-state index in [-0.39, 0.29) is 6.09 Å². The van der Waals surface area contributed by atoms with Crippen LogP contribution in [0, 0.1) is 0 Å². The van der Waals surface area contributed by atoms with Gasteiger partial charge < -0.3 is 4.74 Å². The maximum Gasteiger partial charge on any atom is 0.435 e. The Balaban J connectivity index is 2.25. The van der Waals surface area contributed by atoms with E-state index in [1.54, 1.807) is 0 Å². The van der Waals surface area contributed by atoms with Crippen molar-refractivity contribution in [1.29, 1.82) is 0 Å². The number of hydrogen-bond acceptors (Lipinski definition) is 3. The quantitative estimate of drug-likeness (QED) is 0.695. The molecule has 0 N–H and O–H groups in total. The van der Waals surface area contributed by atoms with Crippen LogP contribution in [0.3, 0.4) is 0 Å². The van der Waals surface area contributed by atoms with Crippen molar-refractivity contribution in [2.24, 2.45) is 0 Å². The molecule has 1 aliphatic rings. The first-order valence-corrected chi connectivity index (χ1v) is 6.18. The molecule has 1 atom stereocenters. The third kappa shape index (κ3) is 2.51. The Hall–Kier alpha value is -1.32. The van der Waals surface area contributed by atoms with Crippen LogP contribution in [0.2, 0.25) is 0 Å². The third-order valence-electron chi connectivity index (χ3n) is 3.05. The van der Waals surface area contributed by atoms with Crippen LogP contribution in [0.5, 0.6) is 0 Å². The first-order chi connectivity index (χ1) is 7.88. The van der Waals surface area contributed by atoms with Crippen LogP contribution in [0.25, 0.3) is 0 Å². The van der Waals surface area contributed by atoms with E-state index in [0.29, 0.717) is 5.92 Å². The van der Waals surface area contributed by atoms with E-state index >= 15 is 0 Å². The fourth-order valence-electron chi connectivity index (χ4n) is 2.24. The van der Waals surface area contributed by atoms with Crippen LogP contribution in [0.1, 0.15) is 57.7 Å². The molecule has 0 fully saturated rings. The van der Waals surface area contributed by atoms with Gasteiger partial charge in [0.15, 0.2) is 0 Å². The van der Waals surface area contributed by atoms with Crippen molar-refractivity contribution >= 4 is 6.09 Å². The van der Waals surface area contributed by atoms with Gasteiger partial charge in [0.05, 0.1) is 11.9 Å². The van der Waals surface area contributed by atoms with Crippen LogP contribution in [-0.2, 0) is 11.2 Å². The fourth-order valence-corrected chi connectivity index (χ4v) is 2.24. The van der Waals surface area contributed by atoms with E-state index in [1.807, 2.05) is 27.0 Å². The van der Waals surface area contributed by atoms with Gasteiger partial charge in [0.1, 0.15) is 5.60 Å². The molecular weight excluding hydrogens is 216 g/mol. The molecule has 0 aliphatic heterocycles. The Morgan fingerprint density at radius 2 is 2.24 bits per heavy atom. The summed E-state index contributed by atoms with van der Waals surface area (Å²) < 4.78 is 6.77. The molecule has 1 heterocycles. The summed E-state index contributed by atoms with van der Waals surface area (Å²) in [5, 5.41) is 4.17. The lowest BCUT2D eigenvalue weighted by atomic mass is 9.89. The number of aromatic nitrogens is 2. The summed E-state index contributed by atoms with van der Waals surface area (Å²) in [5.74, 6) is 0.495. The van der Waals surface area contributed by atoms with Crippen molar-refractivity contribution in [3.8, 4) is 0 Å². The lowest BCUT2D eigenvalue weighted by Crippen LogP contribution is -2.29. The van der Waals surface area contributed by atoms with E-state index in [1.165, 1.54) is 16.7 Å². The second-order valence-electron chi connectivity index (χ2n) is 5.73. The van der Waals surface area contributed by atoms with Gasteiger partial charge in [-0.15, -0.1) is 0 Å². The number of carbonyl (C=O) groups excluding carboxylic acids is 1. The molecule has 0 radical (unpaired) electrons. The Morgan fingerprint density at radius 1 is 1.53 bits per heavy atom. The minimum atomic E-state index is -0.476. The smallest absolute Gasteiger partial charge is 0.435 e. The van der Waals surface area contributed by atoms with Gasteiger partial charge in [0, 0.05) is 0 Å². The summed E-state index contributed by atoms with van der Waals surface area (Å²) in [6, 6.07) is 0. The fraction of sp³-hybridized carbons (Fsp3) is 0.692. The maximum absolute atomic E-state index is 12.0. The topological polar surface area (TPSA) is 44.1 Å². The van der Waals surface area contributed by atoms with Crippen molar-refractivity contribution in [3.63, 3.8) is 0 Å². The van der Waals surface area contributed by atoms with Gasteiger partial charge in [-0.1, -0.05) is 6.92 Å². The summed E-state index contributed by atoms with van der Waals surface area (Å²) in [5.41, 5.74) is 1.75. The van der Waals surface area contributed by atoms with Crippen LogP contribution >= 0.6 is 0 Å². The van der Waals surface area contributed by atoms with Crippen LogP contribution in [0.4, 0.5) is 4.79 Å². The van der Waals surface area contributed by atoms with Gasteiger partial charge in [-0.2, -0.15) is 9.78 Å². The summed E-state index contributed by atoms with van der Waals surface area (Å²) in [7, 11) is 0. The van der Waals surface area contributed by atoms with Gasteiger partial charge in [0.25, 0.3) is 0 Å². The number of nitrogens with zero attached hydrogens (tertiary/aromatic N) is 2. The molecule has 0 spiro atoms. The summed E-state index contributed by atoms with van der Waals surface area (Å²) in [6.07, 6.45) is 4.64. The minimum absolute atomic E-state index is 0.368. The number of carbonyl (C=O) groups is 1. The molecule has 0 amide bonds. The molecule has 94 valence electrons. The molecule has 4 heteroatoms. The Kier molecular flexibility index (Phi) is 2.98. The minimum Gasteiger partial charge on any atom is -0.442 e. The first kappa shape index (κ1) is 12.1. The maximum atomic E-state index is 12.0. The number of rotatable bonds is 0. The second kappa shape index (κ2) is 4.17. The molecule has 1 aromatic heterocycles. The highest BCUT2D eigenvalue weighted by Crippen LogP contribution is 2.31. The van der Waals surface area contributed by atoms with E-state index in [2.05, 4.69) is 12.0 Å². The van der Waals surface area contributed by atoms with Crippen molar-refractivity contribution in [1.82, 2.24) is 9.78 Å². The molecule has 2 rings (SSSR count). The Morgan fingerprint density at radius 3 is 2.88 bits per heavy atom. The Labute approximate surface area is 102 Å². The zero-order valence-electron chi connectivity index (χ0n) is 11.0. The third-order valence-corrected chi connectivity index (χ3v) is 3.05. The number of ether oxygens (including phenoxy) is 1. The van der Waals surface area contributed by atoms with E-state index in [9.17, 15) is 4.79 Å². The zero-order chi connectivity index (χ0) is 12.6. The largest absolute Gasteiger partial charge is 0.442 e. The molecule has 0 saturated carbocycles. The Bertz CT molecular complexity index is 429. The number of fused-ring (bicyclic) bond motifs is 1. The van der Waals surface area contributed by atoms with Gasteiger partial charge in [-0.25, -0.2) is 4.79 Å². The average Bonchev–Trinajstić information content (AvgIpc) is 2.60. The van der Waals surface area contributed by atoms with E-state index < -0.39 is 5.60 Å². The molecular formula is C13H20N2O2. The summed E-state index contributed by atoms with van der Waals surface area (Å²) in [4.78, 5) is 12.0. The predicted molar refractivity (Wildman–Crippen MR) is 65.2 cm³/mol. The summed E-state index contributed by atoms with van der Waals surface area (Å²) >= 11 is 0. The molecule has 1 aromatic rings. The highest BCUT2D eigenvalue weighted by Gasteiger charge is 2.26. The average molecular weight is 236 g/mol. The molecule has 4 nitrogen and oxygen atoms in total. The van der Waals surface area contributed by atoms with E-state index in [4.69, 9.17) is 4.74 Å². The van der Waals surface area contributed by atoms with Gasteiger partial charge in [0.2, 0.25) is 0 Å². The summed E-state index contributed by atoms with van der Waals surface area (Å²) in [6.45, 7) is 7.77.